The molecule has 0 fully saturated rings. The van der Waals surface area contributed by atoms with Crippen LogP contribution in [-0.2, 0) is 20.7 Å². The van der Waals surface area contributed by atoms with Crippen molar-refractivity contribution in [3.63, 3.8) is 0 Å². The summed E-state index contributed by atoms with van der Waals surface area (Å²) in [5.74, 6) is -0.622. The first-order chi connectivity index (χ1) is 12.1. The van der Waals surface area contributed by atoms with Gasteiger partial charge >= 0.3 is 5.97 Å². The molecule has 0 saturated heterocycles. The van der Waals surface area contributed by atoms with E-state index in [0.717, 1.165) is 21.9 Å². The van der Waals surface area contributed by atoms with E-state index in [4.69, 9.17) is 4.74 Å². The number of rotatable bonds is 6. The Kier molecular flexibility index (Phi) is 5.70. The zero-order valence-corrected chi connectivity index (χ0v) is 16.4. The zero-order valence-electron chi connectivity index (χ0n) is 16.4. The van der Waals surface area contributed by atoms with Crippen molar-refractivity contribution in [2.24, 2.45) is 5.41 Å². The van der Waals surface area contributed by atoms with E-state index in [9.17, 15) is 9.59 Å². The summed E-state index contributed by atoms with van der Waals surface area (Å²) >= 11 is 0. The van der Waals surface area contributed by atoms with E-state index < -0.39 is 17.0 Å². The maximum atomic E-state index is 12.7. The average molecular weight is 352 g/mol. The summed E-state index contributed by atoms with van der Waals surface area (Å²) < 4.78 is 5.50. The first kappa shape index (κ1) is 19.9. The van der Waals surface area contributed by atoms with Crippen LogP contribution >= 0.6 is 0 Å². The van der Waals surface area contributed by atoms with Crippen LogP contribution in [0.4, 0.5) is 0 Å². The lowest BCUT2D eigenvalue weighted by molar-refractivity contribution is -0.169. The van der Waals surface area contributed by atoms with Crippen LogP contribution in [-0.4, -0.2) is 17.4 Å². The predicted octanol–water partition coefficient (Wildman–Crippen LogP) is 5.35. The second-order valence-electron chi connectivity index (χ2n) is 7.95. The van der Waals surface area contributed by atoms with E-state index in [-0.39, 0.29) is 5.78 Å². The molecule has 3 heteroatoms. The molecule has 0 aromatic heterocycles. The largest absolute Gasteiger partial charge is 0.459 e. The normalized spacial score (nSPS) is 13.9. The molecular formula is C23H28O3. The average Bonchev–Trinajstić information content (AvgIpc) is 2.57. The molecule has 0 heterocycles. The third-order valence-corrected chi connectivity index (χ3v) is 4.79. The molecule has 0 spiro atoms. The van der Waals surface area contributed by atoms with Crippen molar-refractivity contribution in [1.82, 2.24) is 0 Å². The molecule has 0 radical (unpaired) electrons. The van der Waals surface area contributed by atoms with E-state index in [1.165, 1.54) is 6.92 Å². The fraction of sp³-hybridized carbons (Fsp3) is 0.391. The van der Waals surface area contributed by atoms with Crippen molar-refractivity contribution in [3.05, 3.63) is 54.1 Å². The molecule has 1 atom stereocenters. The van der Waals surface area contributed by atoms with Gasteiger partial charge in [-0.1, -0.05) is 49.1 Å². The van der Waals surface area contributed by atoms with Gasteiger partial charge in [0, 0.05) is 0 Å². The number of fused-ring (bicyclic) bond motifs is 1. The Labute approximate surface area is 156 Å². The molecule has 0 aliphatic rings. The van der Waals surface area contributed by atoms with Crippen molar-refractivity contribution < 1.29 is 14.3 Å². The van der Waals surface area contributed by atoms with Crippen LogP contribution in [0.15, 0.2) is 43.0 Å². The number of carbonyl (C=O) groups excluding carboxylic acids is 2. The minimum atomic E-state index is -1.15. The summed E-state index contributed by atoms with van der Waals surface area (Å²) in [7, 11) is 0. The summed E-state index contributed by atoms with van der Waals surface area (Å²) in [6.45, 7) is 12.5. The molecule has 1 unspecified atom stereocenters. The molecular weight excluding hydrogens is 324 g/mol. The number of hydrogen-bond acceptors (Lipinski definition) is 3. The van der Waals surface area contributed by atoms with Gasteiger partial charge in [0.2, 0.25) is 0 Å². The number of benzene rings is 2. The number of hydrogen-bond donors (Lipinski definition) is 0. The van der Waals surface area contributed by atoms with Crippen LogP contribution in [0.2, 0.25) is 0 Å². The Balaban J connectivity index is 2.33. The number of esters is 1. The van der Waals surface area contributed by atoms with E-state index in [0.29, 0.717) is 12.8 Å². The number of Topliss-reactive ketones (excluding diaryl/α,β-unsaturated/α-hetero) is 1. The van der Waals surface area contributed by atoms with Gasteiger partial charge in [-0.2, -0.15) is 0 Å². The Bertz CT molecular complexity index is 842. The van der Waals surface area contributed by atoms with Gasteiger partial charge in [-0.15, -0.1) is 0 Å². The van der Waals surface area contributed by atoms with Gasteiger partial charge in [0.1, 0.15) is 16.8 Å². The molecule has 0 bridgehead atoms. The fourth-order valence-corrected chi connectivity index (χ4v) is 2.98. The van der Waals surface area contributed by atoms with Crippen LogP contribution < -0.4 is 0 Å². The monoisotopic (exact) mass is 352 g/mol. The lowest BCUT2D eigenvalue weighted by Gasteiger charge is -2.29. The van der Waals surface area contributed by atoms with Gasteiger partial charge in [0.05, 0.1) is 0 Å². The third-order valence-electron chi connectivity index (χ3n) is 4.79. The molecule has 0 amide bonds. The number of ketones is 1. The summed E-state index contributed by atoms with van der Waals surface area (Å²) in [6, 6.07) is 12.2. The van der Waals surface area contributed by atoms with Crippen molar-refractivity contribution >= 4 is 28.6 Å². The highest BCUT2D eigenvalue weighted by Gasteiger charge is 2.41. The van der Waals surface area contributed by atoms with Gasteiger partial charge in [-0.3, -0.25) is 9.59 Å². The van der Waals surface area contributed by atoms with Crippen LogP contribution in [0.25, 0.3) is 16.8 Å². The first-order valence-electron chi connectivity index (χ1n) is 8.96. The Morgan fingerprint density at radius 3 is 2.19 bits per heavy atom. The van der Waals surface area contributed by atoms with Crippen molar-refractivity contribution in [2.45, 2.75) is 53.1 Å². The second-order valence-corrected chi connectivity index (χ2v) is 7.95. The Hall–Kier alpha value is -2.42. The van der Waals surface area contributed by atoms with Crippen LogP contribution in [0, 0.1) is 5.41 Å². The van der Waals surface area contributed by atoms with Crippen LogP contribution in [0.1, 0.15) is 52.2 Å². The molecule has 2 aromatic carbocycles. The molecule has 0 aliphatic heterocycles. The van der Waals surface area contributed by atoms with E-state index >= 15 is 0 Å². The van der Waals surface area contributed by atoms with Gasteiger partial charge in [-0.25, -0.2) is 0 Å². The Morgan fingerprint density at radius 2 is 1.65 bits per heavy atom. The Morgan fingerprint density at radius 1 is 1.04 bits per heavy atom. The molecule has 2 aromatic rings. The maximum absolute atomic E-state index is 12.7. The molecule has 138 valence electrons. The fourth-order valence-electron chi connectivity index (χ4n) is 2.98. The van der Waals surface area contributed by atoms with Crippen molar-refractivity contribution in [3.8, 4) is 0 Å². The second kappa shape index (κ2) is 7.45. The van der Waals surface area contributed by atoms with E-state index in [1.807, 2.05) is 45.0 Å². The SMILES string of the molecule is C=Cc1ccc(CCC(C)(C(C)=O)C(=O)OC(C)(C)C)c2ccccc12. The van der Waals surface area contributed by atoms with Crippen LogP contribution in [0.3, 0.4) is 0 Å². The number of carbonyl (C=O) groups is 2. The maximum Gasteiger partial charge on any atom is 0.319 e. The molecule has 2 rings (SSSR count). The van der Waals surface area contributed by atoms with E-state index in [2.05, 4.69) is 24.8 Å². The topological polar surface area (TPSA) is 43.4 Å². The van der Waals surface area contributed by atoms with Crippen LogP contribution in [0.5, 0.6) is 0 Å². The standard InChI is InChI=1S/C23H28O3/c1-7-17-12-13-18(20-11-9-8-10-19(17)20)14-15-23(6,16(2)24)21(25)26-22(3,4)5/h7-13H,1,14-15H2,2-6H3. The predicted molar refractivity (Wildman–Crippen MR) is 107 cm³/mol. The lowest BCUT2D eigenvalue weighted by Crippen LogP contribution is -2.40. The van der Waals surface area contributed by atoms with Gasteiger partial charge < -0.3 is 4.74 Å². The summed E-state index contributed by atoms with van der Waals surface area (Å²) in [5.41, 5.74) is 0.422. The highest BCUT2D eigenvalue weighted by molar-refractivity contribution is 6.02. The molecule has 0 saturated carbocycles. The lowest BCUT2D eigenvalue weighted by atomic mass is 9.80. The number of ether oxygens (including phenoxy) is 1. The molecule has 0 N–H and O–H groups in total. The quantitative estimate of drug-likeness (QED) is 0.520. The minimum Gasteiger partial charge on any atom is -0.459 e. The van der Waals surface area contributed by atoms with Gasteiger partial charge in [0.25, 0.3) is 0 Å². The smallest absolute Gasteiger partial charge is 0.319 e. The first-order valence-corrected chi connectivity index (χ1v) is 8.96. The van der Waals surface area contributed by atoms with Gasteiger partial charge in [-0.05, 0) is 69.4 Å². The highest BCUT2D eigenvalue weighted by atomic mass is 16.6. The third kappa shape index (κ3) is 4.21. The van der Waals surface area contributed by atoms with Gasteiger partial charge in [0.15, 0.2) is 0 Å². The molecule has 26 heavy (non-hydrogen) atoms. The van der Waals surface area contributed by atoms with Crippen molar-refractivity contribution in [2.75, 3.05) is 0 Å². The van der Waals surface area contributed by atoms with Crippen molar-refractivity contribution in [1.29, 1.82) is 0 Å². The zero-order chi connectivity index (χ0) is 19.5. The molecule has 3 nitrogen and oxygen atoms in total. The summed E-state index contributed by atoms with van der Waals surface area (Å²) in [6.07, 6.45) is 2.87. The summed E-state index contributed by atoms with van der Waals surface area (Å²) in [5, 5.41) is 2.25. The minimum absolute atomic E-state index is 0.168. The highest BCUT2D eigenvalue weighted by Crippen LogP contribution is 2.31. The molecule has 0 aliphatic carbocycles. The summed E-state index contributed by atoms with van der Waals surface area (Å²) in [4.78, 5) is 24.9. The number of aryl methyl sites for hydroxylation is 1. The van der Waals surface area contributed by atoms with E-state index in [1.54, 1.807) is 6.92 Å².